The maximum atomic E-state index is 10.0. The Balaban J connectivity index is 2.49. The highest BCUT2D eigenvalue weighted by Crippen LogP contribution is 2.19. The van der Waals surface area contributed by atoms with Crippen molar-refractivity contribution in [3.8, 4) is 0 Å². The van der Waals surface area contributed by atoms with Crippen molar-refractivity contribution in [1.29, 1.82) is 0 Å². The van der Waals surface area contributed by atoms with Gasteiger partial charge in [0.05, 0.1) is 10.6 Å². The van der Waals surface area contributed by atoms with Crippen molar-refractivity contribution in [2.24, 2.45) is 0 Å². The Kier molecular flexibility index (Phi) is 4.04. The predicted octanol–water partition coefficient (Wildman–Crippen LogP) is 1.35. The van der Waals surface area contributed by atoms with Crippen LogP contribution in [0.25, 0.3) is 0 Å². The second-order valence-electron chi connectivity index (χ2n) is 3.91. The minimum Gasteiger partial charge on any atom is -0.390 e. The van der Waals surface area contributed by atoms with Crippen LogP contribution in [0.15, 0.2) is 5.38 Å². The van der Waals surface area contributed by atoms with E-state index in [9.17, 15) is 5.11 Å². The molecule has 80 valence electrons. The van der Waals surface area contributed by atoms with E-state index in [0.717, 1.165) is 23.7 Å². The zero-order chi connectivity index (χ0) is 10.6. The smallest absolute Gasteiger partial charge is 0.0956 e. The van der Waals surface area contributed by atoms with E-state index in [-0.39, 0.29) is 0 Å². The molecule has 0 spiro atoms. The maximum absolute atomic E-state index is 10.0. The van der Waals surface area contributed by atoms with Crippen LogP contribution in [-0.4, -0.2) is 29.3 Å². The van der Waals surface area contributed by atoms with Crippen LogP contribution in [0.2, 0.25) is 0 Å². The van der Waals surface area contributed by atoms with Gasteiger partial charge in [-0.2, -0.15) is 0 Å². The molecule has 0 amide bonds. The third kappa shape index (κ3) is 3.74. The monoisotopic (exact) mass is 214 g/mol. The quantitative estimate of drug-likeness (QED) is 0.778. The Hall–Kier alpha value is -0.450. The van der Waals surface area contributed by atoms with E-state index in [1.165, 1.54) is 0 Å². The van der Waals surface area contributed by atoms with Gasteiger partial charge in [-0.15, -0.1) is 11.3 Å². The van der Waals surface area contributed by atoms with Gasteiger partial charge in [0.25, 0.3) is 0 Å². The van der Waals surface area contributed by atoms with E-state index in [1.54, 1.807) is 11.3 Å². The van der Waals surface area contributed by atoms with Crippen LogP contribution in [0.4, 0.5) is 0 Å². The molecule has 3 nitrogen and oxygen atoms in total. The molecule has 1 rings (SSSR count). The van der Waals surface area contributed by atoms with Crippen molar-refractivity contribution >= 4 is 11.3 Å². The van der Waals surface area contributed by atoms with E-state index in [0.29, 0.717) is 6.42 Å². The van der Waals surface area contributed by atoms with E-state index in [1.807, 2.05) is 26.3 Å². The first kappa shape index (κ1) is 11.6. The summed E-state index contributed by atoms with van der Waals surface area (Å²) in [6.45, 7) is 4.67. The molecule has 1 heterocycles. The molecule has 4 heteroatoms. The van der Waals surface area contributed by atoms with Gasteiger partial charge in [-0.25, -0.2) is 4.98 Å². The summed E-state index contributed by atoms with van der Waals surface area (Å²) in [5.41, 5.74) is 0.391. The van der Waals surface area contributed by atoms with Gasteiger partial charge in [0.2, 0.25) is 0 Å². The van der Waals surface area contributed by atoms with Gasteiger partial charge in [0.15, 0.2) is 0 Å². The first-order chi connectivity index (χ1) is 6.53. The molecule has 0 aromatic carbocycles. The fourth-order valence-electron chi connectivity index (χ4n) is 1.29. The Morgan fingerprint density at radius 2 is 2.36 bits per heavy atom. The van der Waals surface area contributed by atoms with Crippen LogP contribution in [0, 0.1) is 6.92 Å². The van der Waals surface area contributed by atoms with Gasteiger partial charge in [-0.1, -0.05) is 0 Å². The third-order valence-electron chi connectivity index (χ3n) is 2.11. The van der Waals surface area contributed by atoms with E-state index < -0.39 is 5.60 Å². The second-order valence-corrected chi connectivity index (χ2v) is 4.85. The molecule has 0 saturated carbocycles. The molecular formula is C10H18N2OS. The number of nitrogens with zero attached hydrogens (tertiary/aromatic N) is 1. The number of rotatable bonds is 5. The lowest BCUT2D eigenvalue weighted by atomic mass is 9.99. The molecule has 0 fully saturated rings. The van der Waals surface area contributed by atoms with E-state index in [4.69, 9.17) is 0 Å². The van der Waals surface area contributed by atoms with Gasteiger partial charge in [0, 0.05) is 17.5 Å². The first-order valence-electron chi connectivity index (χ1n) is 4.81. The lowest BCUT2D eigenvalue weighted by Gasteiger charge is -2.21. The van der Waals surface area contributed by atoms with Crippen LogP contribution >= 0.6 is 11.3 Å². The lowest BCUT2D eigenvalue weighted by molar-refractivity contribution is 0.0520. The molecule has 1 atom stereocenters. The largest absolute Gasteiger partial charge is 0.390 e. The highest BCUT2D eigenvalue weighted by molar-refractivity contribution is 7.09. The van der Waals surface area contributed by atoms with Crippen LogP contribution in [0.5, 0.6) is 0 Å². The number of nitrogens with one attached hydrogen (secondary N) is 1. The standard InChI is InChI=1S/C10H18N2OS/c1-8-7-14-9(12-8)6-10(2,13)4-5-11-3/h7,11,13H,4-6H2,1-3H3. The molecule has 0 bridgehead atoms. The Morgan fingerprint density at radius 3 is 2.86 bits per heavy atom. The van der Waals surface area contributed by atoms with E-state index in [2.05, 4.69) is 10.3 Å². The fourth-order valence-corrected chi connectivity index (χ4v) is 2.24. The summed E-state index contributed by atoms with van der Waals surface area (Å²) in [5, 5.41) is 16.1. The van der Waals surface area contributed by atoms with Crippen LogP contribution in [-0.2, 0) is 6.42 Å². The Bertz CT molecular complexity index is 283. The highest BCUT2D eigenvalue weighted by Gasteiger charge is 2.21. The van der Waals surface area contributed by atoms with Crippen molar-refractivity contribution in [2.45, 2.75) is 32.3 Å². The number of aryl methyl sites for hydroxylation is 1. The Morgan fingerprint density at radius 1 is 1.64 bits per heavy atom. The number of hydrogen-bond donors (Lipinski definition) is 2. The summed E-state index contributed by atoms with van der Waals surface area (Å²) >= 11 is 1.62. The van der Waals surface area contributed by atoms with Gasteiger partial charge in [-0.05, 0) is 33.9 Å². The molecule has 1 aromatic rings. The summed E-state index contributed by atoms with van der Waals surface area (Å²) in [5.74, 6) is 0. The number of hydrogen-bond acceptors (Lipinski definition) is 4. The van der Waals surface area contributed by atoms with Crippen molar-refractivity contribution in [1.82, 2.24) is 10.3 Å². The summed E-state index contributed by atoms with van der Waals surface area (Å²) < 4.78 is 0. The highest BCUT2D eigenvalue weighted by atomic mass is 32.1. The third-order valence-corrected chi connectivity index (χ3v) is 3.08. The van der Waals surface area contributed by atoms with Gasteiger partial charge in [0.1, 0.15) is 0 Å². The molecule has 2 N–H and O–H groups in total. The molecule has 1 aromatic heterocycles. The maximum Gasteiger partial charge on any atom is 0.0956 e. The molecule has 0 aliphatic carbocycles. The number of thiazole rings is 1. The van der Waals surface area contributed by atoms with Gasteiger partial charge < -0.3 is 10.4 Å². The fraction of sp³-hybridized carbons (Fsp3) is 0.700. The summed E-state index contributed by atoms with van der Waals surface area (Å²) in [6.07, 6.45) is 1.40. The SMILES string of the molecule is CNCCC(C)(O)Cc1nc(C)cs1. The normalized spacial score (nSPS) is 15.4. The zero-order valence-electron chi connectivity index (χ0n) is 9.00. The number of aliphatic hydroxyl groups is 1. The molecule has 14 heavy (non-hydrogen) atoms. The molecule has 0 radical (unpaired) electrons. The number of aromatic nitrogens is 1. The van der Waals surface area contributed by atoms with Crippen molar-refractivity contribution in [2.75, 3.05) is 13.6 Å². The van der Waals surface area contributed by atoms with E-state index >= 15 is 0 Å². The topological polar surface area (TPSA) is 45.1 Å². The predicted molar refractivity (Wildman–Crippen MR) is 59.7 cm³/mol. The molecule has 0 saturated heterocycles. The van der Waals surface area contributed by atoms with Crippen LogP contribution < -0.4 is 5.32 Å². The molecule has 0 aliphatic rings. The minimum atomic E-state index is -0.646. The average Bonchev–Trinajstić information content (AvgIpc) is 2.47. The van der Waals surface area contributed by atoms with Crippen LogP contribution in [0.3, 0.4) is 0 Å². The van der Waals surface area contributed by atoms with Crippen molar-refractivity contribution in [3.05, 3.63) is 16.1 Å². The van der Waals surface area contributed by atoms with Gasteiger partial charge >= 0.3 is 0 Å². The summed E-state index contributed by atoms with van der Waals surface area (Å²) in [6, 6.07) is 0. The average molecular weight is 214 g/mol. The lowest BCUT2D eigenvalue weighted by Crippen LogP contribution is -2.31. The zero-order valence-corrected chi connectivity index (χ0v) is 9.82. The van der Waals surface area contributed by atoms with Crippen LogP contribution in [0.1, 0.15) is 24.0 Å². The first-order valence-corrected chi connectivity index (χ1v) is 5.69. The molecule has 0 aliphatic heterocycles. The molecule has 1 unspecified atom stereocenters. The Labute approximate surface area is 89.2 Å². The van der Waals surface area contributed by atoms with Crippen molar-refractivity contribution < 1.29 is 5.11 Å². The van der Waals surface area contributed by atoms with Gasteiger partial charge in [-0.3, -0.25) is 0 Å². The van der Waals surface area contributed by atoms with Crippen molar-refractivity contribution in [3.63, 3.8) is 0 Å². The summed E-state index contributed by atoms with van der Waals surface area (Å²) in [4.78, 5) is 4.34. The summed E-state index contributed by atoms with van der Waals surface area (Å²) in [7, 11) is 1.89. The second kappa shape index (κ2) is 4.87. The molecular weight excluding hydrogens is 196 g/mol. The minimum absolute atomic E-state index is 0.646.